The van der Waals surface area contributed by atoms with Crippen LogP contribution in [0.4, 0.5) is 4.79 Å². The van der Waals surface area contributed by atoms with Gasteiger partial charge in [0.15, 0.2) is 0 Å². The Labute approximate surface area is 96.5 Å². The Morgan fingerprint density at radius 1 is 1.31 bits per heavy atom. The molecule has 0 aromatic heterocycles. The summed E-state index contributed by atoms with van der Waals surface area (Å²) in [6, 6.07) is 0. The van der Waals surface area contributed by atoms with E-state index in [-0.39, 0.29) is 6.54 Å². The fourth-order valence-corrected chi connectivity index (χ4v) is 0.473. The third-order valence-corrected chi connectivity index (χ3v) is 1.09. The number of methoxy groups -OCH3 is 1. The van der Waals surface area contributed by atoms with E-state index in [0.29, 0.717) is 0 Å². The van der Waals surface area contributed by atoms with E-state index in [9.17, 15) is 9.59 Å². The van der Waals surface area contributed by atoms with Crippen LogP contribution in [-0.2, 0) is 14.3 Å². The number of amides is 2. The molecule has 0 aromatic rings. The van der Waals surface area contributed by atoms with Gasteiger partial charge in [-0.15, -0.1) is 0 Å². The van der Waals surface area contributed by atoms with Gasteiger partial charge in [0, 0.05) is 13.7 Å². The van der Waals surface area contributed by atoms with Gasteiger partial charge >= 0.3 is 6.09 Å². The normalized spacial score (nSPS) is 9.81. The number of ether oxygens (including phenoxy) is 2. The molecule has 6 heteroatoms. The topological polar surface area (TPSA) is 90.6 Å². The molecule has 0 aliphatic carbocycles. The molecule has 96 valence electrons. The monoisotopic (exact) mass is 234 g/mol. The van der Waals surface area contributed by atoms with Crippen LogP contribution in [0.2, 0.25) is 0 Å². The maximum Gasteiger partial charge on any atom is 0.408 e. The SMILES string of the molecule is CC(C)(C)OC(=O)NCC(N)=O.CCOC. The van der Waals surface area contributed by atoms with Crippen molar-refractivity contribution < 1.29 is 19.1 Å². The van der Waals surface area contributed by atoms with Crippen LogP contribution in [0.25, 0.3) is 0 Å². The van der Waals surface area contributed by atoms with Crippen LogP contribution in [0.15, 0.2) is 0 Å². The molecule has 0 saturated carbocycles. The molecule has 0 aromatic carbocycles. The van der Waals surface area contributed by atoms with E-state index in [1.54, 1.807) is 27.9 Å². The van der Waals surface area contributed by atoms with Crippen molar-refractivity contribution in [3.8, 4) is 0 Å². The Kier molecular flexibility index (Phi) is 9.58. The second kappa shape index (κ2) is 8.96. The molecule has 3 N–H and O–H groups in total. The predicted molar refractivity (Wildman–Crippen MR) is 61.0 cm³/mol. The number of hydrogen-bond donors (Lipinski definition) is 2. The second-order valence-corrected chi connectivity index (χ2v) is 3.90. The number of nitrogens with one attached hydrogen (secondary N) is 1. The lowest BCUT2D eigenvalue weighted by Gasteiger charge is -2.19. The van der Waals surface area contributed by atoms with Gasteiger partial charge in [-0.2, -0.15) is 0 Å². The van der Waals surface area contributed by atoms with Crippen LogP contribution in [0.5, 0.6) is 0 Å². The highest BCUT2D eigenvalue weighted by molar-refractivity contribution is 5.80. The first kappa shape index (κ1) is 17.1. The molecule has 16 heavy (non-hydrogen) atoms. The van der Waals surface area contributed by atoms with Crippen molar-refractivity contribution in [1.29, 1.82) is 0 Å². The Bertz CT molecular complexity index is 209. The van der Waals surface area contributed by atoms with Crippen LogP contribution in [-0.4, -0.2) is 37.9 Å². The maximum atomic E-state index is 10.8. The third-order valence-electron chi connectivity index (χ3n) is 1.09. The fourth-order valence-electron chi connectivity index (χ4n) is 0.473. The average Bonchev–Trinajstić information content (AvgIpc) is 2.12. The molecule has 0 fully saturated rings. The summed E-state index contributed by atoms with van der Waals surface area (Å²) >= 11 is 0. The molecule has 0 unspecified atom stereocenters. The van der Waals surface area contributed by atoms with Gasteiger partial charge in [-0.25, -0.2) is 4.79 Å². The van der Waals surface area contributed by atoms with Gasteiger partial charge in [-0.05, 0) is 27.7 Å². The minimum absolute atomic E-state index is 0.199. The predicted octanol–water partition coefficient (Wildman–Crippen LogP) is 0.649. The Balaban J connectivity index is 0. The molecule has 0 radical (unpaired) electrons. The third kappa shape index (κ3) is 18.5. The smallest absolute Gasteiger partial charge is 0.408 e. The number of hydrogen-bond acceptors (Lipinski definition) is 4. The second-order valence-electron chi connectivity index (χ2n) is 3.90. The molecule has 0 aliphatic rings. The first-order chi connectivity index (χ1) is 7.22. The summed E-state index contributed by atoms with van der Waals surface area (Å²) in [6.07, 6.45) is -0.638. The minimum atomic E-state index is -0.638. The van der Waals surface area contributed by atoms with E-state index >= 15 is 0 Å². The molecule has 0 bridgehead atoms. The van der Waals surface area contributed by atoms with E-state index in [4.69, 9.17) is 10.5 Å². The molecule has 0 rings (SSSR count). The zero-order chi connectivity index (χ0) is 13.2. The summed E-state index contributed by atoms with van der Waals surface area (Å²) in [7, 11) is 1.68. The standard InChI is InChI=1S/C7H14N2O3.C3H8O/c1-7(2,3)12-6(11)9-4-5(8)10;1-3-4-2/h4H2,1-3H3,(H2,8,10)(H,9,11);3H2,1-2H3. The molecule has 0 aliphatic heterocycles. The van der Waals surface area contributed by atoms with E-state index < -0.39 is 17.6 Å². The number of carbonyl (C=O) groups excluding carboxylic acids is 2. The van der Waals surface area contributed by atoms with E-state index in [1.807, 2.05) is 6.92 Å². The number of rotatable bonds is 3. The van der Waals surface area contributed by atoms with Crippen LogP contribution in [0.1, 0.15) is 27.7 Å². The first-order valence-electron chi connectivity index (χ1n) is 4.97. The van der Waals surface area contributed by atoms with Crippen molar-refractivity contribution in [1.82, 2.24) is 5.32 Å². The quantitative estimate of drug-likeness (QED) is 0.750. The Morgan fingerprint density at radius 3 is 2.00 bits per heavy atom. The number of carbonyl (C=O) groups is 2. The highest BCUT2D eigenvalue weighted by Crippen LogP contribution is 2.05. The zero-order valence-corrected chi connectivity index (χ0v) is 10.6. The lowest BCUT2D eigenvalue weighted by Crippen LogP contribution is -2.37. The molecule has 0 spiro atoms. The molecule has 0 heterocycles. The zero-order valence-electron chi connectivity index (χ0n) is 10.6. The van der Waals surface area contributed by atoms with Gasteiger partial charge in [0.25, 0.3) is 0 Å². The van der Waals surface area contributed by atoms with Crippen LogP contribution < -0.4 is 11.1 Å². The van der Waals surface area contributed by atoms with Crippen LogP contribution >= 0.6 is 0 Å². The van der Waals surface area contributed by atoms with Crippen LogP contribution in [0.3, 0.4) is 0 Å². The lowest BCUT2D eigenvalue weighted by atomic mass is 10.2. The highest BCUT2D eigenvalue weighted by Gasteiger charge is 2.15. The number of nitrogens with two attached hydrogens (primary N) is 1. The highest BCUT2D eigenvalue weighted by atomic mass is 16.6. The lowest BCUT2D eigenvalue weighted by molar-refractivity contribution is -0.117. The average molecular weight is 234 g/mol. The summed E-state index contributed by atoms with van der Waals surface area (Å²) in [6.45, 7) is 7.78. The maximum absolute atomic E-state index is 10.8. The van der Waals surface area contributed by atoms with Crippen molar-refractivity contribution in [3.63, 3.8) is 0 Å². The Hall–Kier alpha value is -1.30. The van der Waals surface area contributed by atoms with Gasteiger partial charge < -0.3 is 20.5 Å². The number of primary amides is 1. The van der Waals surface area contributed by atoms with E-state index in [2.05, 4.69) is 10.1 Å². The summed E-state index contributed by atoms with van der Waals surface area (Å²) in [4.78, 5) is 21.0. The first-order valence-corrected chi connectivity index (χ1v) is 4.97. The molecule has 2 amide bonds. The van der Waals surface area contributed by atoms with Crippen molar-refractivity contribution >= 4 is 12.0 Å². The van der Waals surface area contributed by atoms with Crippen LogP contribution in [0, 0.1) is 0 Å². The summed E-state index contributed by atoms with van der Waals surface area (Å²) in [5.41, 5.74) is 4.24. The van der Waals surface area contributed by atoms with Crippen molar-refractivity contribution in [3.05, 3.63) is 0 Å². The van der Waals surface area contributed by atoms with Crippen molar-refractivity contribution in [2.24, 2.45) is 5.73 Å². The van der Waals surface area contributed by atoms with Gasteiger partial charge in [0.2, 0.25) is 5.91 Å². The van der Waals surface area contributed by atoms with Crippen molar-refractivity contribution in [2.45, 2.75) is 33.3 Å². The Morgan fingerprint density at radius 2 is 1.75 bits per heavy atom. The molecule has 0 atom stereocenters. The number of alkyl carbamates (subject to hydrolysis) is 1. The summed E-state index contributed by atoms with van der Waals surface area (Å²) in [5, 5.41) is 2.20. The molecular formula is C10H22N2O4. The summed E-state index contributed by atoms with van der Waals surface area (Å²) < 4.78 is 9.37. The van der Waals surface area contributed by atoms with E-state index in [0.717, 1.165) is 6.61 Å². The van der Waals surface area contributed by atoms with Gasteiger partial charge in [-0.1, -0.05) is 0 Å². The minimum Gasteiger partial charge on any atom is -0.444 e. The molecule has 6 nitrogen and oxygen atoms in total. The molecular weight excluding hydrogens is 212 g/mol. The van der Waals surface area contributed by atoms with Gasteiger partial charge in [-0.3, -0.25) is 4.79 Å². The van der Waals surface area contributed by atoms with E-state index in [1.165, 1.54) is 0 Å². The van der Waals surface area contributed by atoms with Gasteiger partial charge in [0.1, 0.15) is 5.60 Å². The summed E-state index contributed by atoms with van der Waals surface area (Å²) in [5.74, 6) is -0.596. The van der Waals surface area contributed by atoms with Gasteiger partial charge in [0.05, 0.1) is 6.54 Å². The molecule has 0 saturated heterocycles. The largest absolute Gasteiger partial charge is 0.444 e. The fraction of sp³-hybridized carbons (Fsp3) is 0.800. The van der Waals surface area contributed by atoms with Crippen molar-refractivity contribution in [2.75, 3.05) is 20.3 Å².